The molecule has 0 aliphatic heterocycles. The minimum absolute atomic E-state index is 0.0242. The second kappa shape index (κ2) is 4.39. The van der Waals surface area contributed by atoms with Crippen LogP contribution in [0.5, 0.6) is 0 Å². The number of nitrogen functional groups attached to an aromatic ring is 1. The number of nitrogens with zero attached hydrogens (tertiary/aromatic N) is 1. The van der Waals surface area contributed by atoms with Crippen molar-refractivity contribution in [2.45, 2.75) is 18.2 Å². The first-order chi connectivity index (χ1) is 6.58. The Hall–Kier alpha value is -1.14. The molecule has 0 bridgehead atoms. The fourth-order valence-electron chi connectivity index (χ4n) is 0.944. The molecule has 0 spiro atoms. The molecule has 0 fully saturated rings. The Morgan fingerprint density at radius 1 is 1.57 bits per heavy atom. The highest BCUT2D eigenvalue weighted by Gasteiger charge is 2.16. The van der Waals surface area contributed by atoms with E-state index >= 15 is 0 Å². The van der Waals surface area contributed by atoms with Gasteiger partial charge in [-0.3, -0.25) is 0 Å². The first-order valence-corrected chi connectivity index (χ1v) is 5.76. The quantitative estimate of drug-likeness (QED) is 0.759. The molecule has 0 unspecified atom stereocenters. The Bertz CT molecular complexity index is 403. The Morgan fingerprint density at radius 2 is 2.29 bits per heavy atom. The molecule has 1 heterocycles. The average molecular weight is 215 g/mol. The molecule has 5 nitrogen and oxygen atoms in total. The summed E-state index contributed by atoms with van der Waals surface area (Å²) in [6.45, 7) is 2.28. The molecule has 0 aliphatic carbocycles. The van der Waals surface area contributed by atoms with Crippen molar-refractivity contribution in [3.05, 3.63) is 18.3 Å². The summed E-state index contributed by atoms with van der Waals surface area (Å²) in [6, 6.07) is 2.97. The van der Waals surface area contributed by atoms with Crippen molar-refractivity contribution in [3.8, 4) is 0 Å². The lowest BCUT2D eigenvalue weighted by Gasteiger charge is -2.06. The van der Waals surface area contributed by atoms with E-state index < -0.39 is 10.0 Å². The molecular formula is C8H13N3O2S. The van der Waals surface area contributed by atoms with E-state index in [1.54, 1.807) is 0 Å². The summed E-state index contributed by atoms with van der Waals surface area (Å²) in [5, 5.41) is 0. The van der Waals surface area contributed by atoms with Crippen LogP contribution in [0.1, 0.15) is 13.3 Å². The van der Waals surface area contributed by atoms with E-state index in [1.165, 1.54) is 18.3 Å². The Labute approximate surface area is 83.4 Å². The second-order valence-corrected chi connectivity index (χ2v) is 4.52. The molecular weight excluding hydrogens is 202 g/mol. The molecule has 1 aromatic heterocycles. The predicted molar refractivity (Wildman–Crippen MR) is 54.1 cm³/mol. The van der Waals surface area contributed by atoms with Crippen LogP contribution >= 0.6 is 0 Å². The van der Waals surface area contributed by atoms with Crippen molar-refractivity contribution in [2.24, 2.45) is 0 Å². The minimum atomic E-state index is -3.49. The van der Waals surface area contributed by atoms with Gasteiger partial charge in [0.2, 0.25) is 10.0 Å². The highest BCUT2D eigenvalue weighted by molar-refractivity contribution is 7.89. The van der Waals surface area contributed by atoms with Gasteiger partial charge in [-0.05, 0) is 18.6 Å². The SMILES string of the molecule is CCCNS(=O)(=O)c1cccnc1N. The monoisotopic (exact) mass is 215 g/mol. The predicted octanol–water partition coefficient (Wildman–Crippen LogP) is 0.352. The molecule has 3 N–H and O–H groups in total. The lowest BCUT2D eigenvalue weighted by atomic mass is 10.5. The molecule has 0 amide bonds. The van der Waals surface area contributed by atoms with Crippen molar-refractivity contribution in [1.82, 2.24) is 9.71 Å². The number of hydrogen-bond donors (Lipinski definition) is 2. The number of aromatic nitrogens is 1. The first kappa shape index (κ1) is 10.9. The van der Waals surface area contributed by atoms with E-state index in [4.69, 9.17) is 5.73 Å². The average Bonchev–Trinajstić information content (AvgIpc) is 2.15. The van der Waals surface area contributed by atoms with Gasteiger partial charge in [0, 0.05) is 12.7 Å². The van der Waals surface area contributed by atoms with E-state index in [-0.39, 0.29) is 10.7 Å². The van der Waals surface area contributed by atoms with Crippen LogP contribution in [0.3, 0.4) is 0 Å². The van der Waals surface area contributed by atoms with Crippen LogP contribution in [-0.4, -0.2) is 19.9 Å². The van der Waals surface area contributed by atoms with Crippen LogP contribution in [0.25, 0.3) is 0 Å². The zero-order valence-corrected chi connectivity index (χ0v) is 8.71. The Morgan fingerprint density at radius 3 is 2.86 bits per heavy atom. The van der Waals surface area contributed by atoms with E-state index in [9.17, 15) is 8.42 Å². The van der Waals surface area contributed by atoms with Crippen molar-refractivity contribution < 1.29 is 8.42 Å². The summed E-state index contributed by atoms with van der Waals surface area (Å²) in [4.78, 5) is 3.75. The zero-order chi connectivity index (χ0) is 10.6. The van der Waals surface area contributed by atoms with E-state index in [1.807, 2.05) is 6.92 Å². The number of pyridine rings is 1. The van der Waals surface area contributed by atoms with E-state index in [0.29, 0.717) is 6.54 Å². The summed E-state index contributed by atoms with van der Waals surface area (Å²) in [6.07, 6.45) is 2.19. The molecule has 78 valence electrons. The molecule has 0 atom stereocenters. The lowest BCUT2D eigenvalue weighted by molar-refractivity contribution is 0.581. The minimum Gasteiger partial charge on any atom is -0.383 e. The van der Waals surface area contributed by atoms with Gasteiger partial charge >= 0.3 is 0 Å². The summed E-state index contributed by atoms with van der Waals surface area (Å²) < 4.78 is 25.6. The van der Waals surface area contributed by atoms with E-state index in [0.717, 1.165) is 6.42 Å². The van der Waals surface area contributed by atoms with Crippen LogP contribution in [0.15, 0.2) is 23.2 Å². The van der Waals surface area contributed by atoms with Crippen LogP contribution in [0.4, 0.5) is 5.82 Å². The van der Waals surface area contributed by atoms with Gasteiger partial charge in [0.05, 0.1) is 0 Å². The maximum absolute atomic E-state index is 11.6. The Kier molecular flexibility index (Phi) is 3.43. The van der Waals surface area contributed by atoms with Gasteiger partial charge in [-0.15, -0.1) is 0 Å². The third kappa shape index (κ3) is 2.43. The van der Waals surface area contributed by atoms with Crippen molar-refractivity contribution in [3.63, 3.8) is 0 Å². The van der Waals surface area contributed by atoms with Crippen LogP contribution < -0.4 is 10.5 Å². The van der Waals surface area contributed by atoms with Crippen LogP contribution in [-0.2, 0) is 10.0 Å². The fourth-order valence-corrected chi connectivity index (χ4v) is 2.16. The molecule has 1 rings (SSSR count). The normalized spacial score (nSPS) is 11.5. The third-order valence-electron chi connectivity index (χ3n) is 1.63. The van der Waals surface area contributed by atoms with E-state index in [2.05, 4.69) is 9.71 Å². The van der Waals surface area contributed by atoms with Gasteiger partial charge in [0.15, 0.2) is 0 Å². The highest BCUT2D eigenvalue weighted by Crippen LogP contribution is 2.13. The molecule has 0 radical (unpaired) electrons. The standard InChI is InChI=1S/C8H13N3O2S/c1-2-5-11-14(12,13)7-4-3-6-10-8(7)9/h3-4,6,11H,2,5H2,1H3,(H2,9,10). The number of sulfonamides is 1. The lowest BCUT2D eigenvalue weighted by Crippen LogP contribution is -2.25. The highest BCUT2D eigenvalue weighted by atomic mass is 32.2. The van der Waals surface area contributed by atoms with Crippen molar-refractivity contribution in [2.75, 3.05) is 12.3 Å². The molecule has 0 saturated carbocycles. The number of nitrogens with one attached hydrogen (secondary N) is 1. The molecule has 1 aromatic rings. The molecule has 14 heavy (non-hydrogen) atoms. The van der Waals surface area contributed by atoms with Gasteiger partial charge in [0.25, 0.3) is 0 Å². The maximum atomic E-state index is 11.6. The van der Waals surface area contributed by atoms with Gasteiger partial charge in [-0.25, -0.2) is 18.1 Å². The smallest absolute Gasteiger partial charge is 0.244 e. The molecule has 0 aromatic carbocycles. The largest absolute Gasteiger partial charge is 0.383 e. The second-order valence-electron chi connectivity index (χ2n) is 2.78. The third-order valence-corrected chi connectivity index (χ3v) is 3.14. The first-order valence-electron chi connectivity index (χ1n) is 4.28. The Balaban J connectivity index is 2.99. The zero-order valence-electron chi connectivity index (χ0n) is 7.90. The van der Waals surface area contributed by atoms with Gasteiger partial charge in [-0.1, -0.05) is 6.92 Å². The summed E-state index contributed by atoms with van der Waals surface area (Å²) in [5.74, 6) is 0.0242. The van der Waals surface area contributed by atoms with Gasteiger partial charge in [-0.2, -0.15) is 0 Å². The molecule has 0 saturated heterocycles. The van der Waals surface area contributed by atoms with Crippen molar-refractivity contribution >= 4 is 15.8 Å². The van der Waals surface area contributed by atoms with Crippen LogP contribution in [0, 0.1) is 0 Å². The fraction of sp³-hybridized carbons (Fsp3) is 0.375. The summed E-state index contributed by atoms with van der Waals surface area (Å²) in [5.41, 5.74) is 5.45. The maximum Gasteiger partial charge on any atom is 0.244 e. The summed E-state index contributed by atoms with van der Waals surface area (Å²) in [7, 11) is -3.49. The van der Waals surface area contributed by atoms with Crippen molar-refractivity contribution in [1.29, 1.82) is 0 Å². The molecule has 6 heteroatoms. The number of anilines is 1. The van der Waals surface area contributed by atoms with Gasteiger partial charge < -0.3 is 5.73 Å². The molecule has 0 aliphatic rings. The topological polar surface area (TPSA) is 85.1 Å². The number of nitrogens with two attached hydrogens (primary N) is 1. The number of hydrogen-bond acceptors (Lipinski definition) is 4. The van der Waals surface area contributed by atoms with Gasteiger partial charge in [0.1, 0.15) is 10.7 Å². The summed E-state index contributed by atoms with van der Waals surface area (Å²) >= 11 is 0. The number of rotatable bonds is 4. The van der Waals surface area contributed by atoms with Crippen LogP contribution in [0.2, 0.25) is 0 Å².